The highest BCUT2D eigenvalue weighted by Gasteiger charge is 2.29. The molecule has 0 amide bonds. The first kappa shape index (κ1) is 17.5. The minimum Gasteiger partial charge on any atom is -0.493 e. The van der Waals surface area contributed by atoms with Gasteiger partial charge in [-0.2, -0.15) is 0 Å². The molecular formula is C20H22N2O2S2. The number of para-hydroxylation sites is 1. The Kier molecular flexibility index (Phi) is 5.24. The molecule has 1 aliphatic carbocycles. The van der Waals surface area contributed by atoms with Crippen LogP contribution in [-0.2, 0) is 13.1 Å². The molecule has 0 radical (unpaired) electrons. The molecule has 1 aromatic carbocycles. The van der Waals surface area contributed by atoms with E-state index in [2.05, 4.69) is 27.8 Å². The minimum absolute atomic E-state index is 0.702. The molecule has 1 aliphatic rings. The van der Waals surface area contributed by atoms with Crippen LogP contribution in [0.15, 0.2) is 41.1 Å². The molecular weight excluding hydrogens is 364 g/mol. The Bertz CT molecular complexity index is 857. The van der Waals surface area contributed by atoms with Crippen LogP contribution in [0.4, 0.5) is 0 Å². The predicted octanol–water partition coefficient (Wildman–Crippen LogP) is 5.05. The second kappa shape index (κ2) is 7.78. The van der Waals surface area contributed by atoms with Crippen LogP contribution in [0.1, 0.15) is 23.4 Å². The van der Waals surface area contributed by atoms with Crippen LogP contribution in [0.25, 0.3) is 10.6 Å². The second-order valence-electron chi connectivity index (χ2n) is 6.40. The van der Waals surface area contributed by atoms with Crippen LogP contribution < -0.4 is 9.47 Å². The number of hydrogen-bond donors (Lipinski definition) is 0. The summed E-state index contributed by atoms with van der Waals surface area (Å²) in [5.74, 6) is 1.48. The highest BCUT2D eigenvalue weighted by molar-refractivity contribution is 7.13. The molecule has 0 atom stereocenters. The Morgan fingerprint density at radius 2 is 1.96 bits per heavy atom. The van der Waals surface area contributed by atoms with Gasteiger partial charge in [0.2, 0.25) is 0 Å². The fraction of sp³-hybridized carbons (Fsp3) is 0.350. The Morgan fingerprint density at radius 1 is 1.08 bits per heavy atom. The van der Waals surface area contributed by atoms with Gasteiger partial charge in [-0.05, 0) is 36.4 Å². The molecule has 0 N–H and O–H groups in total. The monoisotopic (exact) mass is 386 g/mol. The van der Waals surface area contributed by atoms with Gasteiger partial charge in [-0.1, -0.05) is 12.1 Å². The van der Waals surface area contributed by atoms with E-state index in [1.165, 1.54) is 17.7 Å². The third kappa shape index (κ3) is 3.77. The third-order valence-corrected chi connectivity index (χ3v) is 6.34. The lowest BCUT2D eigenvalue weighted by atomic mass is 10.2. The molecule has 4 rings (SSSR count). The van der Waals surface area contributed by atoms with Crippen LogP contribution in [-0.4, -0.2) is 30.1 Å². The first-order chi connectivity index (χ1) is 12.8. The Labute approximate surface area is 162 Å². The molecule has 0 spiro atoms. The molecule has 1 fully saturated rings. The van der Waals surface area contributed by atoms with Gasteiger partial charge in [0.15, 0.2) is 11.5 Å². The molecule has 0 unspecified atom stereocenters. The maximum Gasteiger partial charge on any atom is 0.170 e. The van der Waals surface area contributed by atoms with E-state index in [-0.39, 0.29) is 0 Å². The van der Waals surface area contributed by atoms with E-state index >= 15 is 0 Å². The number of thiophene rings is 1. The molecule has 2 aromatic heterocycles. The van der Waals surface area contributed by atoms with Gasteiger partial charge in [-0.3, -0.25) is 4.90 Å². The lowest BCUT2D eigenvalue weighted by molar-refractivity contribution is 0.245. The Hall–Kier alpha value is -1.89. The quantitative estimate of drug-likeness (QED) is 0.542. The van der Waals surface area contributed by atoms with E-state index in [1.54, 1.807) is 25.6 Å². The molecule has 0 bridgehead atoms. The number of rotatable bonds is 8. The van der Waals surface area contributed by atoms with Crippen molar-refractivity contribution in [3.8, 4) is 22.1 Å². The summed E-state index contributed by atoms with van der Waals surface area (Å²) in [6.07, 6.45) is 2.60. The van der Waals surface area contributed by atoms with E-state index in [1.807, 2.05) is 29.5 Å². The summed E-state index contributed by atoms with van der Waals surface area (Å²) in [7, 11) is 3.33. The standard InChI is InChI=1S/C20H22N2O2S2/c1-23-18-7-3-6-17(19(18)24-2)20-21-14(13-26-20)11-22(15-8-9-15)12-16-5-4-10-25-16/h3-7,10,13,15H,8-9,11-12H2,1-2H3. The van der Waals surface area contributed by atoms with Crippen molar-refractivity contribution in [2.75, 3.05) is 14.2 Å². The fourth-order valence-corrected chi connectivity index (χ4v) is 4.69. The maximum absolute atomic E-state index is 5.56. The molecule has 6 heteroatoms. The number of nitrogens with zero attached hydrogens (tertiary/aromatic N) is 2. The Balaban J connectivity index is 1.54. The van der Waals surface area contributed by atoms with Gasteiger partial charge in [-0.15, -0.1) is 22.7 Å². The van der Waals surface area contributed by atoms with E-state index in [4.69, 9.17) is 14.5 Å². The minimum atomic E-state index is 0.702. The number of aromatic nitrogens is 1. The lowest BCUT2D eigenvalue weighted by Crippen LogP contribution is -2.24. The van der Waals surface area contributed by atoms with Crippen LogP contribution in [0.3, 0.4) is 0 Å². The van der Waals surface area contributed by atoms with Crippen molar-refractivity contribution in [3.05, 3.63) is 51.7 Å². The SMILES string of the molecule is COc1cccc(-c2nc(CN(Cc3cccs3)C3CC3)cs2)c1OC. The summed E-state index contributed by atoms with van der Waals surface area (Å²) >= 11 is 3.49. The van der Waals surface area contributed by atoms with Gasteiger partial charge in [0.05, 0.1) is 25.5 Å². The predicted molar refractivity (Wildman–Crippen MR) is 107 cm³/mol. The first-order valence-corrected chi connectivity index (χ1v) is 10.5. The second-order valence-corrected chi connectivity index (χ2v) is 8.29. The highest BCUT2D eigenvalue weighted by Crippen LogP contribution is 2.39. The van der Waals surface area contributed by atoms with E-state index < -0.39 is 0 Å². The van der Waals surface area contributed by atoms with Crippen LogP contribution in [0.5, 0.6) is 11.5 Å². The van der Waals surface area contributed by atoms with Crippen molar-refractivity contribution in [1.29, 1.82) is 0 Å². The lowest BCUT2D eigenvalue weighted by Gasteiger charge is -2.20. The molecule has 0 aliphatic heterocycles. The number of hydrogen-bond acceptors (Lipinski definition) is 6. The Morgan fingerprint density at radius 3 is 2.65 bits per heavy atom. The smallest absolute Gasteiger partial charge is 0.170 e. The summed E-state index contributed by atoms with van der Waals surface area (Å²) in [4.78, 5) is 8.86. The number of thiazole rings is 1. The zero-order valence-corrected chi connectivity index (χ0v) is 16.6. The normalized spacial score (nSPS) is 14.0. The van der Waals surface area contributed by atoms with Crippen molar-refractivity contribution < 1.29 is 9.47 Å². The molecule has 136 valence electrons. The molecule has 1 saturated carbocycles. The summed E-state index contributed by atoms with van der Waals surface area (Å²) in [6.45, 7) is 1.91. The van der Waals surface area contributed by atoms with Gasteiger partial charge in [0, 0.05) is 29.4 Å². The molecule has 2 heterocycles. The van der Waals surface area contributed by atoms with E-state index in [0.29, 0.717) is 6.04 Å². The summed E-state index contributed by atoms with van der Waals surface area (Å²) < 4.78 is 11.0. The van der Waals surface area contributed by atoms with Crippen LogP contribution in [0, 0.1) is 0 Å². The molecule has 0 saturated heterocycles. The third-order valence-electron chi connectivity index (χ3n) is 4.55. The zero-order chi connectivity index (χ0) is 17.9. The largest absolute Gasteiger partial charge is 0.493 e. The van der Waals surface area contributed by atoms with Crippen molar-refractivity contribution in [2.24, 2.45) is 0 Å². The summed E-state index contributed by atoms with van der Waals surface area (Å²) in [6, 6.07) is 11.0. The first-order valence-electron chi connectivity index (χ1n) is 8.70. The number of methoxy groups -OCH3 is 2. The molecule has 3 aromatic rings. The highest BCUT2D eigenvalue weighted by atomic mass is 32.1. The summed E-state index contributed by atoms with van der Waals surface area (Å²) in [5.41, 5.74) is 2.11. The van der Waals surface area contributed by atoms with Gasteiger partial charge < -0.3 is 9.47 Å². The van der Waals surface area contributed by atoms with Crippen molar-refractivity contribution >= 4 is 22.7 Å². The molecule has 26 heavy (non-hydrogen) atoms. The van der Waals surface area contributed by atoms with Crippen molar-refractivity contribution in [1.82, 2.24) is 9.88 Å². The maximum atomic E-state index is 5.56. The van der Waals surface area contributed by atoms with Crippen LogP contribution in [0.2, 0.25) is 0 Å². The average molecular weight is 387 g/mol. The van der Waals surface area contributed by atoms with Crippen molar-refractivity contribution in [2.45, 2.75) is 32.0 Å². The van der Waals surface area contributed by atoms with Crippen LogP contribution >= 0.6 is 22.7 Å². The van der Waals surface area contributed by atoms with Gasteiger partial charge in [0.25, 0.3) is 0 Å². The van der Waals surface area contributed by atoms with Crippen molar-refractivity contribution in [3.63, 3.8) is 0 Å². The van der Waals surface area contributed by atoms with E-state index in [0.717, 1.165) is 40.9 Å². The summed E-state index contributed by atoms with van der Waals surface area (Å²) in [5, 5.41) is 5.29. The van der Waals surface area contributed by atoms with E-state index in [9.17, 15) is 0 Å². The number of ether oxygens (including phenoxy) is 2. The number of benzene rings is 1. The van der Waals surface area contributed by atoms with Gasteiger partial charge >= 0.3 is 0 Å². The fourth-order valence-electron chi connectivity index (χ4n) is 3.12. The average Bonchev–Trinajstić information content (AvgIpc) is 3.20. The topological polar surface area (TPSA) is 34.6 Å². The van der Waals surface area contributed by atoms with Gasteiger partial charge in [-0.25, -0.2) is 4.98 Å². The zero-order valence-electron chi connectivity index (χ0n) is 15.0. The van der Waals surface area contributed by atoms with Gasteiger partial charge in [0.1, 0.15) is 5.01 Å². The molecule has 4 nitrogen and oxygen atoms in total.